The van der Waals surface area contributed by atoms with E-state index in [1.54, 1.807) is 12.1 Å². The quantitative estimate of drug-likeness (QED) is 0.295. The summed E-state index contributed by atoms with van der Waals surface area (Å²) in [6, 6.07) is 14.0. The molecule has 2 heterocycles. The second-order valence-electron chi connectivity index (χ2n) is 5.77. The highest BCUT2D eigenvalue weighted by atomic mass is 35.5. The van der Waals surface area contributed by atoms with Gasteiger partial charge < -0.3 is 9.15 Å². The molecule has 2 aromatic heterocycles. The first-order chi connectivity index (χ1) is 14.1. The maximum absolute atomic E-state index is 14.0. The van der Waals surface area contributed by atoms with Gasteiger partial charge in [-0.15, -0.1) is 0 Å². The van der Waals surface area contributed by atoms with Gasteiger partial charge in [-0.2, -0.15) is 14.5 Å². The zero-order valence-electron chi connectivity index (χ0n) is 14.7. The molecule has 144 valence electrons. The van der Waals surface area contributed by atoms with Crippen LogP contribution in [0.5, 0.6) is 11.6 Å². The number of hydrazone groups is 1. The van der Waals surface area contributed by atoms with Gasteiger partial charge in [0, 0.05) is 5.56 Å². The first-order valence-corrected chi connectivity index (χ1v) is 8.74. The van der Waals surface area contributed by atoms with E-state index in [9.17, 15) is 9.18 Å². The second-order valence-corrected chi connectivity index (χ2v) is 6.11. The molecule has 4 rings (SSSR count). The Balaban J connectivity index is 1.70. The number of benzene rings is 2. The average Bonchev–Trinajstić information content (AvgIpc) is 3.27. The number of hydrogen-bond acceptors (Lipinski definition) is 6. The molecule has 0 atom stereocenters. The number of aromatic nitrogens is 2. The summed E-state index contributed by atoms with van der Waals surface area (Å²) in [6.45, 7) is 0. The standard InChI is InChI=1S/C20H12ClFN4O3/c21-20-23-11-15(22)19(25-20)29-16-8-7-12-4-1-2-5-13(12)14(16)10-24-26-18(27)17-6-3-9-28-17/h1-11H,(H,26,27)/b24-10+. The molecule has 0 aliphatic heterocycles. The van der Waals surface area contributed by atoms with Crippen LogP contribution in [-0.4, -0.2) is 22.1 Å². The number of furan rings is 1. The number of rotatable bonds is 5. The van der Waals surface area contributed by atoms with E-state index in [1.165, 1.54) is 18.5 Å². The zero-order valence-corrected chi connectivity index (χ0v) is 15.4. The van der Waals surface area contributed by atoms with Crippen LogP contribution >= 0.6 is 11.6 Å². The van der Waals surface area contributed by atoms with Crippen molar-refractivity contribution in [2.45, 2.75) is 0 Å². The van der Waals surface area contributed by atoms with Crippen LogP contribution in [0.25, 0.3) is 10.8 Å². The molecule has 0 spiro atoms. The van der Waals surface area contributed by atoms with E-state index in [0.717, 1.165) is 17.0 Å². The number of amides is 1. The fourth-order valence-electron chi connectivity index (χ4n) is 2.62. The van der Waals surface area contributed by atoms with Gasteiger partial charge >= 0.3 is 5.91 Å². The molecule has 0 saturated heterocycles. The molecule has 0 bridgehead atoms. The third kappa shape index (κ3) is 4.07. The molecule has 0 radical (unpaired) electrons. The highest BCUT2D eigenvalue weighted by Gasteiger charge is 2.14. The number of nitrogens with one attached hydrogen (secondary N) is 1. The van der Waals surface area contributed by atoms with E-state index in [1.807, 2.05) is 30.3 Å². The summed E-state index contributed by atoms with van der Waals surface area (Å²) >= 11 is 5.73. The highest BCUT2D eigenvalue weighted by Crippen LogP contribution is 2.31. The number of carbonyl (C=O) groups excluding carboxylic acids is 1. The highest BCUT2D eigenvalue weighted by molar-refractivity contribution is 6.28. The predicted molar refractivity (Wildman–Crippen MR) is 105 cm³/mol. The Bertz CT molecular complexity index is 1210. The van der Waals surface area contributed by atoms with Crippen LogP contribution in [0.3, 0.4) is 0 Å². The van der Waals surface area contributed by atoms with Gasteiger partial charge in [-0.3, -0.25) is 4.79 Å². The smallest absolute Gasteiger partial charge is 0.307 e. The lowest BCUT2D eigenvalue weighted by Gasteiger charge is -2.11. The Labute approximate surface area is 168 Å². The summed E-state index contributed by atoms with van der Waals surface area (Å²) in [6.07, 6.45) is 3.71. The molecule has 0 aliphatic rings. The van der Waals surface area contributed by atoms with E-state index in [4.69, 9.17) is 20.8 Å². The Kier molecular flexibility index (Phi) is 5.17. The van der Waals surface area contributed by atoms with Crippen LogP contribution in [0.4, 0.5) is 4.39 Å². The van der Waals surface area contributed by atoms with Crippen molar-refractivity contribution in [3.8, 4) is 11.6 Å². The number of hydrogen-bond donors (Lipinski definition) is 1. The van der Waals surface area contributed by atoms with Crippen LogP contribution in [0.1, 0.15) is 16.1 Å². The number of nitrogens with zero attached hydrogens (tertiary/aromatic N) is 3. The van der Waals surface area contributed by atoms with Gasteiger partial charge in [0.05, 0.1) is 18.7 Å². The summed E-state index contributed by atoms with van der Waals surface area (Å²) in [4.78, 5) is 19.3. The second kappa shape index (κ2) is 8.07. The number of ether oxygens (including phenoxy) is 1. The van der Waals surface area contributed by atoms with Crippen molar-refractivity contribution < 1.29 is 18.3 Å². The van der Waals surface area contributed by atoms with Crippen molar-refractivity contribution in [2.24, 2.45) is 5.10 Å². The summed E-state index contributed by atoms with van der Waals surface area (Å²) in [7, 11) is 0. The lowest BCUT2D eigenvalue weighted by atomic mass is 10.0. The van der Waals surface area contributed by atoms with Crippen molar-refractivity contribution in [2.75, 3.05) is 0 Å². The average molecular weight is 411 g/mol. The van der Waals surface area contributed by atoms with E-state index in [-0.39, 0.29) is 22.7 Å². The minimum atomic E-state index is -0.767. The Morgan fingerprint density at radius 3 is 2.90 bits per heavy atom. The molecular weight excluding hydrogens is 399 g/mol. The molecule has 0 unspecified atom stereocenters. The Morgan fingerprint density at radius 2 is 2.07 bits per heavy atom. The van der Waals surface area contributed by atoms with E-state index >= 15 is 0 Å². The molecular formula is C20H12ClFN4O3. The summed E-state index contributed by atoms with van der Waals surface area (Å²) in [5.74, 6) is -1.21. The van der Waals surface area contributed by atoms with Crippen molar-refractivity contribution in [3.63, 3.8) is 0 Å². The predicted octanol–water partition coefficient (Wildman–Crippen LogP) is 4.57. The number of halogens is 2. The van der Waals surface area contributed by atoms with Gasteiger partial charge in [-0.1, -0.05) is 30.3 Å². The third-order valence-corrected chi connectivity index (χ3v) is 4.11. The topological polar surface area (TPSA) is 89.6 Å². The molecule has 2 aromatic carbocycles. The van der Waals surface area contributed by atoms with Crippen LogP contribution in [-0.2, 0) is 0 Å². The normalized spacial score (nSPS) is 11.1. The monoisotopic (exact) mass is 410 g/mol. The third-order valence-electron chi connectivity index (χ3n) is 3.92. The van der Waals surface area contributed by atoms with Crippen molar-refractivity contribution in [3.05, 3.63) is 83.4 Å². The van der Waals surface area contributed by atoms with Crippen LogP contribution in [0, 0.1) is 5.82 Å². The van der Waals surface area contributed by atoms with Gasteiger partial charge in [0.25, 0.3) is 5.88 Å². The van der Waals surface area contributed by atoms with Gasteiger partial charge in [0.15, 0.2) is 5.76 Å². The summed E-state index contributed by atoms with van der Waals surface area (Å²) < 4.78 is 24.6. The minimum Gasteiger partial charge on any atom is -0.459 e. The lowest BCUT2D eigenvalue weighted by molar-refractivity contribution is 0.0927. The first kappa shape index (κ1) is 18.6. The molecule has 1 N–H and O–H groups in total. The molecule has 0 aliphatic carbocycles. The molecule has 0 saturated carbocycles. The van der Waals surface area contributed by atoms with E-state index < -0.39 is 11.7 Å². The summed E-state index contributed by atoms with van der Waals surface area (Å²) in [5.41, 5.74) is 2.88. The van der Waals surface area contributed by atoms with Gasteiger partial charge in [-0.25, -0.2) is 10.4 Å². The summed E-state index contributed by atoms with van der Waals surface area (Å²) in [5, 5.41) is 5.50. The molecule has 0 fully saturated rings. The van der Waals surface area contributed by atoms with Gasteiger partial charge in [0.2, 0.25) is 11.1 Å². The van der Waals surface area contributed by atoms with Gasteiger partial charge in [0.1, 0.15) is 5.75 Å². The van der Waals surface area contributed by atoms with E-state index in [2.05, 4.69) is 20.5 Å². The lowest BCUT2D eigenvalue weighted by Crippen LogP contribution is -2.16. The molecule has 1 amide bonds. The fourth-order valence-corrected chi connectivity index (χ4v) is 2.75. The van der Waals surface area contributed by atoms with Crippen LogP contribution in [0.2, 0.25) is 5.28 Å². The van der Waals surface area contributed by atoms with Crippen molar-refractivity contribution >= 4 is 34.5 Å². The molecule has 4 aromatic rings. The maximum Gasteiger partial charge on any atom is 0.307 e. The Morgan fingerprint density at radius 1 is 1.21 bits per heavy atom. The van der Waals surface area contributed by atoms with Crippen molar-refractivity contribution in [1.29, 1.82) is 0 Å². The largest absolute Gasteiger partial charge is 0.459 e. The molecule has 9 heteroatoms. The van der Waals surface area contributed by atoms with Gasteiger partial charge in [-0.05, 0) is 40.6 Å². The van der Waals surface area contributed by atoms with Crippen LogP contribution < -0.4 is 10.2 Å². The number of fused-ring (bicyclic) bond motifs is 1. The molecule has 7 nitrogen and oxygen atoms in total. The zero-order chi connectivity index (χ0) is 20.2. The SMILES string of the molecule is O=C(N/N=C/c1c(Oc2nc(Cl)ncc2F)ccc2ccccc12)c1ccco1. The number of carbonyl (C=O) groups is 1. The van der Waals surface area contributed by atoms with E-state index in [0.29, 0.717) is 5.56 Å². The first-order valence-electron chi connectivity index (χ1n) is 8.36. The minimum absolute atomic E-state index is 0.120. The Hall–Kier alpha value is -3.78. The van der Waals surface area contributed by atoms with Crippen molar-refractivity contribution in [1.82, 2.24) is 15.4 Å². The fraction of sp³-hybridized carbons (Fsp3) is 0. The maximum atomic E-state index is 14.0. The van der Waals surface area contributed by atoms with Crippen LogP contribution in [0.15, 0.2) is 70.5 Å². The molecule has 29 heavy (non-hydrogen) atoms.